The van der Waals surface area contributed by atoms with Gasteiger partial charge >= 0.3 is 6.18 Å². The van der Waals surface area contributed by atoms with Crippen molar-refractivity contribution in [2.24, 2.45) is 5.92 Å². The molecule has 166 valence electrons. The van der Waals surface area contributed by atoms with Crippen LogP contribution >= 0.6 is 0 Å². The largest absolute Gasteiger partial charge is 0.455 e. The summed E-state index contributed by atoms with van der Waals surface area (Å²) in [6.45, 7) is 1.08. The van der Waals surface area contributed by atoms with Gasteiger partial charge in [0.15, 0.2) is 5.75 Å². The number of para-hydroxylation sites is 3. The molecule has 0 unspecified atom stereocenters. The highest BCUT2D eigenvalue weighted by Gasteiger charge is 2.31. The zero-order valence-electron chi connectivity index (χ0n) is 17.2. The molecule has 0 spiro atoms. The van der Waals surface area contributed by atoms with Gasteiger partial charge in [0, 0.05) is 25.2 Å². The Balaban J connectivity index is 1.35. The number of halogens is 3. The number of nitrogens with one attached hydrogen (secondary N) is 1. The van der Waals surface area contributed by atoms with E-state index < -0.39 is 11.7 Å². The molecule has 0 bridgehead atoms. The van der Waals surface area contributed by atoms with Gasteiger partial charge in [-0.3, -0.25) is 4.79 Å². The molecule has 0 radical (unpaired) electrons. The summed E-state index contributed by atoms with van der Waals surface area (Å²) in [5.41, 5.74) is -0.180. The Morgan fingerprint density at radius 2 is 1.66 bits per heavy atom. The number of carbonyl (C=O) groups is 1. The highest BCUT2D eigenvalue weighted by atomic mass is 19.4. The van der Waals surface area contributed by atoms with E-state index in [0.29, 0.717) is 48.9 Å². The molecular weight excluding hydrogens is 419 g/mol. The quantitative estimate of drug-likeness (QED) is 0.548. The molecule has 32 heavy (non-hydrogen) atoms. The summed E-state index contributed by atoms with van der Waals surface area (Å²) in [7, 11) is 0. The van der Waals surface area contributed by atoms with Crippen LogP contribution in [-0.4, -0.2) is 24.0 Å². The number of pyridine rings is 1. The van der Waals surface area contributed by atoms with Crippen molar-refractivity contribution in [1.29, 1.82) is 0 Å². The zero-order valence-corrected chi connectivity index (χ0v) is 17.2. The van der Waals surface area contributed by atoms with Crippen molar-refractivity contribution in [2.45, 2.75) is 19.0 Å². The van der Waals surface area contributed by atoms with Crippen molar-refractivity contribution in [3.8, 4) is 11.5 Å². The van der Waals surface area contributed by atoms with E-state index in [4.69, 9.17) is 4.74 Å². The molecule has 1 N–H and O–H groups in total. The fourth-order valence-electron chi connectivity index (χ4n) is 3.62. The third-order valence-corrected chi connectivity index (χ3v) is 5.38. The molecule has 1 fully saturated rings. The number of hydrogen-bond acceptors (Lipinski definition) is 4. The number of nitrogens with zero attached hydrogens (tertiary/aromatic N) is 2. The van der Waals surface area contributed by atoms with Gasteiger partial charge in [0.25, 0.3) is 0 Å². The standard InChI is InChI=1S/C24H22F3N3O2/c25-24(26,27)18-10-11-22(28-16-18)30-14-12-17(13-15-30)23(31)29-20-8-4-5-9-21(20)32-19-6-2-1-3-7-19/h1-11,16-17H,12-15H2,(H,29,31). The molecular formula is C24H22F3N3O2. The number of hydrogen-bond donors (Lipinski definition) is 1. The van der Waals surface area contributed by atoms with Gasteiger partial charge in [0.1, 0.15) is 11.6 Å². The molecule has 1 aliphatic heterocycles. The van der Waals surface area contributed by atoms with Crippen molar-refractivity contribution in [3.63, 3.8) is 0 Å². The first-order valence-electron chi connectivity index (χ1n) is 10.3. The number of aromatic nitrogens is 1. The summed E-state index contributed by atoms with van der Waals surface area (Å²) in [4.78, 5) is 18.7. The third-order valence-electron chi connectivity index (χ3n) is 5.38. The maximum atomic E-state index is 12.8. The van der Waals surface area contributed by atoms with E-state index in [1.54, 1.807) is 12.1 Å². The van der Waals surface area contributed by atoms with Crippen LogP contribution in [0.2, 0.25) is 0 Å². The minimum Gasteiger partial charge on any atom is -0.455 e. The Bertz CT molecular complexity index is 1050. The fraction of sp³-hybridized carbons (Fsp3) is 0.250. The van der Waals surface area contributed by atoms with E-state index in [9.17, 15) is 18.0 Å². The second kappa shape index (κ2) is 9.30. The van der Waals surface area contributed by atoms with E-state index in [1.165, 1.54) is 6.07 Å². The Morgan fingerprint density at radius 1 is 0.969 bits per heavy atom. The Labute approximate surface area is 183 Å². The second-order valence-electron chi connectivity index (χ2n) is 7.56. The Morgan fingerprint density at radius 3 is 2.31 bits per heavy atom. The number of piperidine rings is 1. The lowest BCUT2D eigenvalue weighted by atomic mass is 9.95. The zero-order chi connectivity index (χ0) is 22.6. The summed E-state index contributed by atoms with van der Waals surface area (Å²) in [6.07, 6.45) is -2.40. The van der Waals surface area contributed by atoms with Gasteiger partial charge in [-0.25, -0.2) is 4.98 Å². The van der Waals surface area contributed by atoms with Crippen LogP contribution in [0.4, 0.5) is 24.7 Å². The molecule has 8 heteroatoms. The van der Waals surface area contributed by atoms with Gasteiger partial charge in [-0.05, 0) is 49.2 Å². The van der Waals surface area contributed by atoms with Gasteiger partial charge in [-0.1, -0.05) is 30.3 Å². The SMILES string of the molecule is O=C(Nc1ccccc1Oc1ccccc1)C1CCN(c2ccc(C(F)(F)F)cn2)CC1. The van der Waals surface area contributed by atoms with Crippen molar-refractivity contribution in [2.75, 3.05) is 23.3 Å². The number of alkyl halides is 3. The van der Waals surface area contributed by atoms with E-state index in [1.807, 2.05) is 47.4 Å². The maximum absolute atomic E-state index is 12.8. The van der Waals surface area contributed by atoms with Crippen LogP contribution in [0.1, 0.15) is 18.4 Å². The van der Waals surface area contributed by atoms with Gasteiger partial charge < -0.3 is 15.0 Å². The molecule has 5 nitrogen and oxygen atoms in total. The molecule has 1 aliphatic rings. The molecule has 1 saturated heterocycles. The first-order chi connectivity index (χ1) is 15.4. The lowest BCUT2D eigenvalue weighted by molar-refractivity contribution is -0.137. The highest BCUT2D eigenvalue weighted by molar-refractivity contribution is 5.94. The molecule has 0 aliphatic carbocycles. The first-order valence-corrected chi connectivity index (χ1v) is 10.3. The van der Waals surface area contributed by atoms with E-state index >= 15 is 0 Å². The molecule has 2 heterocycles. The van der Waals surface area contributed by atoms with Crippen LogP contribution in [0, 0.1) is 5.92 Å². The van der Waals surface area contributed by atoms with Crippen molar-refractivity contribution in [1.82, 2.24) is 4.98 Å². The van der Waals surface area contributed by atoms with E-state index in [0.717, 1.165) is 12.3 Å². The maximum Gasteiger partial charge on any atom is 0.417 e. The van der Waals surface area contributed by atoms with Crippen LogP contribution < -0.4 is 15.0 Å². The molecule has 0 atom stereocenters. The number of carbonyl (C=O) groups excluding carboxylic acids is 1. The van der Waals surface area contributed by atoms with Crippen molar-refractivity contribution >= 4 is 17.4 Å². The second-order valence-corrected chi connectivity index (χ2v) is 7.56. The van der Waals surface area contributed by atoms with Gasteiger partial charge in [-0.15, -0.1) is 0 Å². The molecule has 0 saturated carbocycles. The third kappa shape index (κ3) is 5.19. The molecule has 1 aromatic heterocycles. The normalized spacial score (nSPS) is 14.8. The number of benzene rings is 2. The minimum atomic E-state index is -4.41. The predicted molar refractivity (Wildman–Crippen MR) is 116 cm³/mol. The fourth-order valence-corrected chi connectivity index (χ4v) is 3.62. The monoisotopic (exact) mass is 441 g/mol. The van der Waals surface area contributed by atoms with Crippen LogP contribution in [0.15, 0.2) is 72.9 Å². The summed E-state index contributed by atoms with van der Waals surface area (Å²) in [5, 5.41) is 2.96. The van der Waals surface area contributed by atoms with E-state index in [2.05, 4.69) is 10.3 Å². The molecule has 1 amide bonds. The summed E-state index contributed by atoms with van der Waals surface area (Å²) >= 11 is 0. The average Bonchev–Trinajstić information content (AvgIpc) is 2.81. The van der Waals surface area contributed by atoms with Gasteiger partial charge in [0.2, 0.25) is 5.91 Å². The van der Waals surface area contributed by atoms with E-state index in [-0.39, 0.29) is 11.8 Å². The summed E-state index contributed by atoms with van der Waals surface area (Å²) in [5.74, 6) is 1.41. The average molecular weight is 441 g/mol. The molecule has 4 rings (SSSR count). The smallest absolute Gasteiger partial charge is 0.417 e. The van der Waals surface area contributed by atoms with Gasteiger partial charge in [-0.2, -0.15) is 13.2 Å². The lowest BCUT2D eigenvalue weighted by Gasteiger charge is -2.32. The van der Waals surface area contributed by atoms with Gasteiger partial charge in [0.05, 0.1) is 11.3 Å². The van der Waals surface area contributed by atoms with Crippen molar-refractivity contribution < 1.29 is 22.7 Å². The number of anilines is 2. The minimum absolute atomic E-state index is 0.103. The van der Waals surface area contributed by atoms with Crippen LogP contribution in [-0.2, 0) is 11.0 Å². The summed E-state index contributed by atoms with van der Waals surface area (Å²) in [6, 6.07) is 19.0. The van der Waals surface area contributed by atoms with Crippen LogP contribution in [0.5, 0.6) is 11.5 Å². The van der Waals surface area contributed by atoms with Crippen LogP contribution in [0.3, 0.4) is 0 Å². The van der Waals surface area contributed by atoms with Crippen molar-refractivity contribution in [3.05, 3.63) is 78.5 Å². The highest BCUT2D eigenvalue weighted by Crippen LogP contribution is 2.32. The lowest BCUT2D eigenvalue weighted by Crippen LogP contribution is -2.38. The topological polar surface area (TPSA) is 54.5 Å². The number of ether oxygens (including phenoxy) is 1. The number of rotatable bonds is 5. The molecule has 3 aromatic rings. The number of amides is 1. The Kier molecular flexibility index (Phi) is 6.30. The Hall–Kier alpha value is -3.55. The predicted octanol–water partition coefficient (Wildman–Crippen LogP) is 5.75. The summed E-state index contributed by atoms with van der Waals surface area (Å²) < 4.78 is 44.1. The van der Waals surface area contributed by atoms with Crippen LogP contribution in [0.25, 0.3) is 0 Å². The molecule has 2 aromatic carbocycles. The first kappa shape index (κ1) is 21.7.